The molecule has 0 saturated carbocycles. The van der Waals surface area contributed by atoms with Gasteiger partial charge in [-0.2, -0.15) is 0 Å². The molecule has 2 N–H and O–H groups in total. The van der Waals surface area contributed by atoms with Crippen molar-refractivity contribution in [3.63, 3.8) is 0 Å². The Hall–Kier alpha value is -1.16. The summed E-state index contributed by atoms with van der Waals surface area (Å²) in [6.45, 7) is 5.34. The molecular formula is C12H18FN3. The highest BCUT2D eigenvalue weighted by Gasteiger charge is 2.26. The highest BCUT2D eigenvalue weighted by molar-refractivity contribution is 5.33. The quantitative estimate of drug-likeness (QED) is 0.823. The second kappa shape index (κ2) is 4.78. The maximum absolute atomic E-state index is 12.7. The van der Waals surface area contributed by atoms with Crippen LogP contribution in [-0.4, -0.2) is 24.6 Å². The van der Waals surface area contributed by atoms with E-state index in [1.54, 1.807) is 6.07 Å². The van der Waals surface area contributed by atoms with Crippen molar-refractivity contribution in [2.45, 2.75) is 19.8 Å². The largest absolute Gasteiger partial charge is 0.370 e. The van der Waals surface area contributed by atoms with Gasteiger partial charge in [0, 0.05) is 6.54 Å². The van der Waals surface area contributed by atoms with E-state index in [1.165, 1.54) is 25.1 Å². The van der Waals surface area contributed by atoms with Gasteiger partial charge in [0.2, 0.25) is 0 Å². The first kappa shape index (κ1) is 11.3. The normalized spacial score (nSPS) is 19.4. The number of nitrogens with one attached hydrogen (secondary N) is 2. The molecule has 2 heterocycles. The number of rotatable bonds is 3. The Morgan fingerprint density at radius 2 is 2.19 bits per heavy atom. The number of piperidine rings is 1. The standard InChI is InChI=1S/C12H18FN3/c1-12(4-6-14-7-5-12)9-16-11-3-2-10(13)8-15-11/h2-3,8,14H,4-7,9H2,1H3,(H,15,16). The van der Waals surface area contributed by atoms with E-state index in [0.717, 1.165) is 25.5 Å². The Balaban J connectivity index is 1.88. The lowest BCUT2D eigenvalue weighted by Crippen LogP contribution is -2.39. The van der Waals surface area contributed by atoms with E-state index in [9.17, 15) is 4.39 Å². The number of aromatic nitrogens is 1. The van der Waals surface area contributed by atoms with Crippen LogP contribution < -0.4 is 10.6 Å². The SMILES string of the molecule is CC1(CNc2ccc(F)cn2)CCNCC1. The zero-order valence-electron chi connectivity index (χ0n) is 9.59. The van der Waals surface area contributed by atoms with Gasteiger partial charge in [0.1, 0.15) is 11.6 Å². The van der Waals surface area contributed by atoms with Crippen LogP contribution in [0.2, 0.25) is 0 Å². The molecule has 1 aromatic heterocycles. The van der Waals surface area contributed by atoms with Gasteiger partial charge in [-0.05, 0) is 43.5 Å². The molecule has 1 aliphatic heterocycles. The van der Waals surface area contributed by atoms with Crippen molar-refractivity contribution < 1.29 is 4.39 Å². The average Bonchev–Trinajstić information content (AvgIpc) is 2.29. The average molecular weight is 223 g/mol. The fourth-order valence-corrected chi connectivity index (χ4v) is 1.99. The van der Waals surface area contributed by atoms with Crippen molar-refractivity contribution >= 4 is 5.82 Å². The smallest absolute Gasteiger partial charge is 0.141 e. The van der Waals surface area contributed by atoms with E-state index in [4.69, 9.17) is 0 Å². The molecule has 1 aromatic rings. The van der Waals surface area contributed by atoms with E-state index in [0.29, 0.717) is 5.41 Å². The van der Waals surface area contributed by atoms with Gasteiger partial charge in [-0.3, -0.25) is 0 Å². The molecule has 0 amide bonds. The van der Waals surface area contributed by atoms with Gasteiger partial charge in [-0.25, -0.2) is 9.37 Å². The second-order valence-corrected chi connectivity index (χ2v) is 4.78. The Labute approximate surface area is 95.5 Å². The molecule has 0 bridgehead atoms. The number of pyridine rings is 1. The van der Waals surface area contributed by atoms with Crippen LogP contribution in [0.3, 0.4) is 0 Å². The van der Waals surface area contributed by atoms with Crippen LogP contribution in [0, 0.1) is 11.2 Å². The zero-order chi connectivity index (χ0) is 11.4. The monoisotopic (exact) mass is 223 g/mol. The number of halogens is 1. The molecule has 0 aliphatic carbocycles. The molecule has 3 nitrogen and oxygen atoms in total. The summed E-state index contributed by atoms with van der Waals surface area (Å²) in [6.07, 6.45) is 3.58. The molecule has 1 aliphatic rings. The lowest BCUT2D eigenvalue weighted by Gasteiger charge is -2.34. The van der Waals surface area contributed by atoms with Gasteiger partial charge in [0.05, 0.1) is 6.20 Å². The molecular weight excluding hydrogens is 205 g/mol. The van der Waals surface area contributed by atoms with Crippen LogP contribution in [0.4, 0.5) is 10.2 Å². The fourth-order valence-electron chi connectivity index (χ4n) is 1.99. The summed E-state index contributed by atoms with van der Waals surface area (Å²) in [5.41, 5.74) is 0.321. The summed E-state index contributed by atoms with van der Waals surface area (Å²) in [4.78, 5) is 3.99. The number of hydrogen-bond donors (Lipinski definition) is 2. The number of nitrogens with zero attached hydrogens (tertiary/aromatic N) is 1. The minimum absolute atomic E-state index is 0.293. The minimum Gasteiger partial charge on any atom is -0.370 e. The van der Waals surface area contributed by atoms with Gasteiger partial charge in [-0.1, -0.05) is 6.92 Å². The van der Waals surface area contributed by atoms with E-state index in [2.05, 4.69) is 22.5 Å². The third kappa shape index (κ3) is 2.92. The summed E-state index contributed by atoms with van der Waals surface area (Å²) >= 11 is 0. The van der Waals surface area contributed by atoms with Crippen molar-refractivity contribution in [2.75, 3.05) is 25.0 Å². The molecule has 0 spiro atoms. The first-order valence-electron chi connectivity index (χ1n) is 5.74. The van der Waals surface area contributed by atoms with Gasteiger partial charge in [0.15, 0.2) is 0 Å². The third-order valence-electron chi connectivity index (χ3n) is 3.23. The Morgan fingerprint density at radius 3 is 2.81 bits per heavy atom. The van der Waals surface area contributed by atoms with Crippen molar-refractivity contribution in [1.29, 1.82) is 0 Å². The Kier molecular flexibility index (Phi) is 3.39. The minimum atomic E-state index is -0.293. The topological polar surface area (TPSA) is 37.0 Å². The van der Waals surface area contributed by atoms with Crippen LogP contribution >= 0.6 is 0 Å². The highest BCUT2D eigenvalue weighted by Crippen LogP contribution is 2.27. The van der Waals surface area contributed by atoms with Crippen molar-refractivity contribution in [1.82, 2.24) is 10.3 Å². The molecule has 2 rings (SSSR count). The van der Waals surface area contributed by atoms with Crippen LogP contribution in [0.1, 0.15) is 19.8 Å². The summed E-state index contributed by atoms with van der Waals surface area (Å²) < 4.78 is 12.7. The van der Waals surface area contributed by atoms with E-state index in [-0.39, 0.29) is 5.82 Å². The molecule has 0 atom stereocenters. The van der Waals surface area contributed by atoms with Gasteiger partial charge >= 0.3 is 0 Å². The summed E-state index contributed by atoms with van der Waals surface area (Å²) in [6, 6.07) is 3.11. The Morgan fingerprint density at radius 1 is 1.44 bits per heavy atom. The van der Waals surface area contributed by atoms with Crippen molar-refractivity contribution in [2.24, 2.45) is 5.41 Å². The molecule has 0 unspecified atom stereocenters. The predicted molar refractivity (Wildman–Crippen MR) is 62.9 cm³/mol. The molecule has 88 valence electrons. The van der Waals surface area contributed by atoms with Gasteiger partial charge in [0.25, 0.3) is 0 Å². The maximum Gasteiger partial charge on any atom is 0.141 e. The lowest BCUT2D eigenvalue weighted by molar-refractivity contribution is 0.247. The van der Waals surface area contributed by atoms with Crippen LogP contribution in [0.15, 0.2) is 18.3 Å². The van der Waals surface area contributed by atoms with E-state index in [1.807, 2.05) is 0 Å². The highest BCUT2D eigenvalue weighted by atomic mass is 19.1. The van der Waals surface area contributed by atoms with Crippen LogP contribution in [0.25, 0.3) is 0 Å². The molecule has 16 heavy (non-hydrogen) atoms. The lowest BCUT2D eigenvalue weighted by atomic mass is 9.81. The third-order valence-corrected chi connectivity index (χ3v) is 3.23. The molecule has 4 heteroatoms. The fraction of sp³-hybridized carbons (Fsp3) is 0.583. The first-order chi connectivity index (χ1) is 7.68. The van der Waals surface area contributed by atoms with Crippen molar-refractivity contribution in [3.8, 4) is 0 Å². The molecule has 1 saturated heterocycles. The molecule has 1 fully saturated rings. The van der Waals surface area contributed by atoms with Crippen LogP contribution in [-0.2, 0) is 0 Å². The first-order valence-corrected chi connectivity index (χ1v) is 5.74. The van der Waals surface area contributed by atoms with E-state index >= 15 is 0 Å². The summed E-state index contributed by atoms with van der Waals surface area (Å²) in [5, 5.41) is 6.63. The molecule has 0 aromatic carbocycles. The second-order valence-electron chi connectivity index (χ2n) is 4.78. The maximum atomic E-state index is 12.7. The number of anilines is 1. The van der Waals surface area contributed by atoms with E-state index < -0.39 is 0 Å². The van der Waals surface area contributed by atoms with Crippen molar-refractivity contribution in [3.05, 3.63) is 24.1 Å². The zero-order valence-corrected chi connectivity index (χ0v) is 9.59. The summed E-state index contributed by atoms with van der Waals surface area (Å²) in [7, 11) is 0. The van der Waals surface area contributed by atoms with Gasteiger partial charge in [-0.15, -0.1) is 0 Å². The summed E-state index contributed by atoms with van der Waals surface area (Å²) in [5.74, 6) is 0.458. The predicted octanol–water partition coefficient (Wildman–Crippen LogP) is 2.02. The Bertz CT molecular complexity index is 331. The molecule has 0 radical (unpaired) electrons. The van der Waals surface area contributed by atoms with Crippen LogP contribution in [0.5, 0.6) is 0 Å². The number of hydrogen-bond acceptors (Lipinski definition) is 3. The van der Waals surface area contributed by atoms with Gasteiger partial charge < -0.3 is 10.6 Å².